The Balaban J connectivity index is 2.15. The van der Waals surface area contributed by atoms with Gasteiger partial charge in [-0.1, -0.05) is 22.8 Å². The Kier molecular flexibility index (Phi) is 2.87. The van der Waals surface area contributed by atoms with Gasteiger partial charge in [-0.3, -0.25) is 5.43 Å². The summed E-state index contributed by atoms with van der Waals surface area (Å²) in [6.07, 6.45) is 0. The lowest BCUT2D eigenvalue weighted by atomic mass is 10.3. The summed E-state index contributed by atoms with van der Waals surface area (Å²) >= 11 is 5.79. The maximum atomic E-state index is 11.1. The van der Waals surface area contributed by atoms with Crippen LogP contribution in [0.4, 0.5) is 5.69 Å². The maximum Gasteiger partial charge on any atom is 0.387 e. The Morgan fingerprint density at radius 1 is 1.50 bits per heavy atom. The number of rotatable bonds is 2. The Bertz CT molecular complexity index is 497. The number of hydrogen-bond acceptors (Lipinski definition) is 5. The lowest BCUT2D eigenvalue weighted by Gasteiger charge is -2.00. The predicted molar refractivity (Wildman–Crippen MR) is 61.7 cm³/mol. The SMILES string of the molecule is CC1=NOC(=O)/C1=N/Nc1cccc(Cl)c1. The zero-order valence-corrected chi connectivity index (χ0v) is 9.15. The van der Waals surface area contributed by atoms with E-state index in [1.54, 1.807) is 31.2 Å². The van der Waals surface area contributed by atoms with Crippen LogP contribution in [0.15, 0.2) is 34.5 Å². The summed E-state index contributed by atoms with van der Waals surface area (Å²) in [5.41, 5.74) is 4.01. The Labute approximate surface area is 96.7 Å². The van der Waals surface area contributed by atoms with Gasteiger partial charge in [0.25, 0.3) is 0 Å². The normalized spacial score (nSPS) is 17.2. The van der Waals surface area contributed by atoms with Gasteiger partial charge < -0.3 is 4.84 Å². The molecule has 0 amide bonds. The van der Waals surface area contributed by atoms with Crippen LogP contribution in [0.5, 0.6) is 0 Å². The second kappa shape index (κ2) is 4.32. The van der Waals surface area contributed by atoms with E-state index in [2.05, 4.69) is 20.5 Å². The van der Waals surface area contributed by atoms with Crippen LogP contribution >= 0.6 is 11.6 Å². The molecule has 0 fully saturated rings. The van der Waals surface area contributed by atoms with E-state index in [9.17, 15) is 4.79 Å². The molecule has 0 atom stereocenters. The fraction of sp³-hybridized carbons (Fsp3) is 0.100. The van der Waals surface area contributed by atoms with Gasteiger partial charge in [-0.15, -0.1) is 0 Å². The third-order valence-electron chi connectivity index (χ3n) is 1.92. The van der Waals surface area contributed by atoms with E-state index in [0.717, 1.165) is 0 Å². The molecular weight excluding hydrogens is 230 g/mol. The van der Waals surface area contributed by atoms with Crippen LogP contribution in [-0.4, -0.2) is 17.4 Å². The summed E-state index contributed by atoms with van der Waals surface area (Å²) in [7, 11) is 0. The molecule has 1 aliphatic heterocycles. The fourth-order valence-electron chi connectivity index (χ4n) is 1.15. The molecule has 1 aromatic rings. The molecular formula is C10H8ClN3O2. The maximum absolute atomic E-state index is 11.1. The highest BCUT2D eigenvalue weighted by atomic mass is 35.5. The number of nitrogens with zero attached hydrogens (tertiary/aromatic N) is 2. The van der Waals surface area contributed by atoms with Crippen molar-refractivity contribution in [1.82, 2.24) is 0 Å². The van der Waals surface area contributed by atoms with Crippen LogP contribution in [0.3, 0.4) is 0 Å². The van der Waals surface area contributed by atoms with Crippen molar-refractivity contribution >= 4 is 34.7 Å². The summed E-state index contributed by atoms with van der Waals surface area (Å²) in [5.74, 6) is -0.563. The van der Waals surface area contributed by atoms with Crippen molar-refractivity contribution in [1.29, 1.82) is 0 Å². The van der Waals surface area contributed by atoms with Crippen LogP contribution in [0, 0.1) is 0 Å². The molecule has 0 saturated carbocycles. The van der Waals surface area contributed by atoms with Crippen molar-refractivity contribution in [3.63, 3.8) is 0 Å². The number of oxime groups is 1. The summed E-state index contributed by atoms with van der Waals surface area (Å²) in [5, 5.41) is 7.99. The number of carbonyl (C=O) groups is 1. The molecule has 0 radical (unpaired) electrons. The van der Waals surface area contributed by atoms with Gasteiger partial charge in [0.1, 0.15) is 5.71 Å². The molecule has 1 heterocycles. The van der Waals surface area contributed by atoms with Gasteiger partial charge in [-0.25, -0.2) is 4.79 Å². The molecule has 1 aliphatic rings. The van der Waals surface area contributed by atoms with Gasteiger partial charge in [-0.05, 0) is 25.1 Å². The van der Waals surface area contributed by atoms with Gasteiger partial charge >= 0.3 is 5.97 Å². The number of carbonyl (C=O) groups excluding carboxylic acids is 1. The van der Waals surface area contributed by atoms with Crippen LogP contribution < -0.4 is 5.43 Å². The lowest BCUT2D eigenvalue weighted by molar-refractivity contribution is -0.134. The minimum atomic E-state index is -0.563. The molecule has 16 heavy (non-hydrogen) atoms. The van der Waals surface area contributed by atoms with Crippen molar-refractivity contribution in [2.45, 2.75) is 6.92 Å². The number of hydrogen-bond donors (Lipinski definition) is 1. The molecule has 0 bridgehead atoms. The van der Waals surface area contributed by atoms with Crippen LogP contribution in [0.25, 0.3) is 0 Å². The molecule has 2 rings (SSSR count). The summed E-state index contributed by atoms with van der Waals surface area (Å²) in [4.78, 5) is 15.6. The Morgan fingerprint density at radius 2 is 2.31 bits per heavy atom. The molecule has 1 N–H and O–H groups in total. The minimum Gasteiger partial charge on any atom is -0.311 e. The molecule has 0 spiro atoms. The molecule has 0 aromatic heterocycles. The molecule has 0 saturated heterocycles. The highest BCUT2D eigenvalue weighted by Gasteiger charge is 2.24. The third kappa shape index (κ3) is 2.20. The molecule has 0 aliphatic carbocycles. The Hall–Kier alpha value is -1.88. The van der Waals surface area contributed by atoms with Crippen LogP contribution in [-0.2, 0) is 9.63 Å². The van der Waals surface area contributed by atoms with Crippen molar-refractivity contribution in [2.24, 2.45) is 10.3 Å². The van der Waals surface area contributed by atoms with E-state index in [1.807, 2.05) is 0 Å². The standard InChI is InChI=1S/C10H8ClN3O2/c1-6-9(10(15)16-14-6)13-12-8-4-2-3-7(11)5-8/h2-5,12H,1H3/b13-9+. The first-order valence-corrected chi connectivity index (χ1v) is 4.90. The number of anilines is 1. The summed E-state index contributed by atoms with van der Waals surface area (Å²) in [6.45, 7) is 1.64. The zero-order chi connectivity index (χ0) is 11.5. The van der Waals surface area contributed by atoms with Gasteiger partial charge in [0, 0.05) is 5.02 Å². The number of benzene rings is 1. The summed E-state index contributed by atoms with van der Waals surface area (Å²) < 4.78 is 0. The summed E-state index contributed by atoms with van der Waals surface area (Å²) in [6, 6.07) is 7.00. The van der Waals surface area contributed by atoms with E-state index in [0.29, 0.717) is 16.4 Å². The molecule has 82 valence electrons. The second-order valence-corrected chi connectivity index (χ2v) is 3.57. The van der Waals surface area contributed by atoms with Crippen LogP contribution in [0.1, 0.15) is 6.92 Å². The smallest absolute Gasteiger partial charge is 0.311 e. The third-order valence-corrected chi connectivity index (χ3v) is 2.16. The van der Waals surface area contributed by atoms with E-state index in [1.165, 1.54) is 0 Å². The molecule has 6 heteroatoms. The second-order valence-electron chi connectivity index (χ2n) is 3.14. The zero-order valence-electron chi connectivity index (χ0n) is 8.40. The van der Waals surface area contributed by atoms with E-state index >= 15 is 0 Å². The predicted octanol–water partition coefficient (Wildman–Crippen LogP) is 2.04. The molecule has 5 nitrogen and oxygen atoms in total. The number of halogens is 1. The van der Waals surface area contributed by atoms with Crippen molar-refractivity contribution < 1.29 is 9.63 Å². The molecule has 1 aromatic carbocycles. The monoisotopic (exact) mass is 237 g/mol. The quantitative estimate of drug-likeness (QED) is 0.632. The Morgan fingerprint density at radius 3 is 2.94 bits per heavy atom. The number of nitrogens with one attached hydrogen (secondary N) is 1. The first-order valence-electron chi connectivity index (χ1n) is 4.52. The van der Waals surface area contributed by atoms with Gasteiger partial charge in [0.15, 0.2) is 5.71 Å². The van der Waals surface area contributed by atoms with E-state index in [-0.39, 0.29) is 5.71 Å². The highest BCUT2D eigenvalue weighted by molar-refractivity contribution is 6.66. The molecule has 0 unspecified atom stereocenters. The van der Waals surface area contributed by atoms with Crippen molar-refractivity contribution in [3.8, 4) is 0 Å². The number of hydrazone groups is 1. The van der Waals surface area contributed by atoms with E-state index in [4.69, 9.17) is 11.6 Å². The van der Waals surface area contributed by atoms with Crippen molar-refractivity contribution in [2.75, 3.05) is 5.43 Å². The fourth-order valence-corrected chi connectivity index (χ4v) is 1.34. The van der Waals surface area contributed by atoms with Crippen molar-refractivity contribution in [3.05, 3.63) is 29.3 Å². The van der Waals surface area contributed by atoms with E-state index < -0.39 is 5.97 Å². The van der Waals surface area contributed by atoms with Gasteiger partial charge in [0.05, 0.1) is 5.69 Å². The lowest BCUT2D eigenvalue weighted by Crippen LogP contribution is -2.17. The van der Waals surface area contributed by atoms with Gasteiger partial charge in [-0.2, -0.15) is 5.10 Å². The average Bonchev–Trinajstić information content (AvgIpc) is 2.56. The first-order chi connectivity index (χ1) is 7.66. The minimum absolute atomic E-state index is 0.167. The van der Waals surface area contributed by atoms with Gasteiger partial charge in [0.2, 0.25) is 0 Å². The first kappa shape index (κ1) is 10.6. The topological polar surface area (TPSA) is 63.0 Å². The van der Waals surface area contributed by atoms with Crippen LogP contribution in [0.2, 0.25) is 5.02 Å². The highest BCUT2D eigenvalue weighted by Crippen LogP contribution is 2.15. The largest absolute Gasteiger partial charge is 0.387 e. The average molecular weight is 238 g/mol.